The molecule has 5 nitrogen and oxygen atoms in total. The highest BCUT2D eigenvalue weighted by Gasteiger charge is 2.29. The van der Waals surface area contributed by atoms with Crippen molar-refractivity contribution in [1.29, 1.82) is 0 Å². The molecule has 0 spiro atoms. The summed E-state index contributed by atoms with van der Waals surface area (Å²) in [6.45, 7) is 1.93. The van der Waals surface area contributed by atoms with Gasteiger partial charge < -0.3 is 10.8 Å². The molecular formula is C9H16N4O. The molecule has 1 atom stereocenters. The molecule has 1 saturated carbocycles. The molecule has 0 radical (unpaired) electrons. The molecule has 1 unspecified atom stereocenters. The third kappa shape index (κ3) is 2.10. The van der Waals surface area contributed by atoms with E-state index in [4.69, 9.17) is 5.73 Å². The zero-order chi connectivity index (χ0) is 10.2. The van der Waals surface area contributed by atoms with Gasteiger partial charge in [-0.1, -0.05) is 0 Å². The van der Waals surface area contributed by atoms with Gasteiger partial charge in [0.05, 0.1) is 5.60 Å². The molecule has 78 valence electrons. The van der Waals surface area contributed by atoms with E-state index in [-0.39, 0.29) is 6.54 Å². The van der Waals surface area contributed by atoms with Gasteiger partial charge in [0.15, 0.2) is 5.82 Å². The van der Waals surface area contributed by atoms with Crippen LogP contribution in [0.3, 0.4) is 0 Å². The van der Waals surface area contributed by atoms with Crippen molar-refractivity contribution in [3.8, 4) is 0 Å². The molecule has 0 bridgehead atoms. The summed E-state index contributed by atoms with van der Waals surface area (Å²) in [7, 11) is 0. The highest BCUT2D eigenvalue weighted by atomic mass is 16.3. The summed E-state index contributed by atoms with van der Waals surface area (Å²) in [4.78, 5) is 4.32. The smallest absolute Gasteiger partial charge is 0.153 e. The highest BCUT2D eigenvalue weighted by Crippen LogP contribution is 2.37. The van der Waals surface area contributed by atoms with E-state index in [1.54, 1.807) is 6.92 Å². The Hall–Kier alpha value is -0.940. The monoisotopic (exact) mass is 196 g/mol. The Kier molecular flexibility index (Phi) is 2.28. The highest BCUT2D eigenvalue weighted by molar-refractivity contribution is 5.06. The fourth-order valence-electron chi connectivity index (χ4n) is 1.35. The summed E-state index contributed by atoms with van der Waals surface area (Å²) in [6, 6.07) is 0. The number of aromatic nitrogens is 3. The number of aliphatic hydroxyl groups is 1. The minimum absolute atomic E-state index is 0.229. The SMILES string of the molecule is CC(O)(CN)Cc1nc(C2CC2)n[nH]1. The van der Waals surface area contributed by atoms with Crippen LogP contribution < -0.4 is 5.73 Å². The molecule has 1 fully saturated rings. The van der Waals surface area contributed by atoms with Gasteiger partial charge in [0.1, 0.15) is 5.82 Å². The van der Waals surface area contributed by atoms with Gasteiger partial charge in [-0.15, -0.1) is 0 Å². The second-order valence-electron chi connectivity index (χ2n) is 4.29. The first-order valence-corrected chi connectivity index (χ1v) is 4.94. The molecule has 1 aliphatic carbocycles. The summed E-state index contributed by atoms with van der Waals surface area (Å²) >= 11 is 0. The Bertz CT molecular complexity index is 316. The Morgan fingerprint density at radius 2 is 2.36 bits per heavy atom. The Balaban J connectivity index is 2.02. The average molecular weight is 196 g/mol. The van der Waals surface area contributed by atoms with E-state index in [2.05, 4.69) is 15.2 Å². The van der Waals surface area contributed by atoms with Crippen LogP contribution in [0.15, 0.2) is 0 Å². The molecule has 4 N–H and O–H groups in total. The van der Waals surface area contributed by atoms with Crippen LogP contribution in [-0.4, -0.2) is 32.4 Å². The van der Waals surface area contributed by atoms with Crippen LogP contribution >= 0.6 is 0 Å². The van der Waals surface area contributed by atoms with E-state index in [1.165, 1.54) is 12.8 Å². The lowest BCUT2D eigenvalue weighted by molar-refractivity contribution is 0.0676. The lowest BCUT2D eigenvalue weighted by Crippen LogP contribution is -2.36. The van der Waals surface area contributed by atoms with Crippen LogP contribution in [0.25, 0.3) is 0 Å². The number of hydrogen-bond acceptors (Lipinski definition) is 4. The van der Waals surface area contributed by atoms with Crippen molar-refractivity contribution in [1.82, 2.24) is 15.2 Å². The molecule has 2 rings (SSSR count). The third-order valence-corrected chi connectivity index (χ3v) is 2.48. The standard InChI is InChI=1S/C9H16N4O/c1-9(14,5-10)4-7-11-8(13-12-7)6-2-3-6/h6,14H,2-5,10H2,1H3,(H,11,12,13). The average Bonchev–Trinajstić information content (AvgIpc) is 2.89. The van der Waals surface area contributed by atoms with Crippen molar-refractivity contribution in [3.63, 3.8) is 0 Å². The van der Waals surface area contributed by atoms with Crippen molar-refractivity contribution in [2.75, 3.05) is 6.54 Å². The lowest BCUT2D eigenvalue weighted by Gasteiger charge is -2.18. The van der Waals surface area contributed by atoms with Crippen molar-refractivity contribution in [2.45, 2.75) is 37.7 Å². The predicted octanol–water partition coefficient (Wildman–Crippen LogP) is -0.0657. The van der Waals surface area contributed by atoms with Gasteiger partial charge in [-0.3, -0.25) is 5.10 Å². The van der Waals surface area contributed by atoms with Crippen LogP contribution in [0.2, 0.25) is 0 Å². The first-order chi connectivity index (χ1) is 6.61. The molecule has 5 heteroatoms. The fraction of sp³-hybridized carbons (Fsp3) is 0.778. The van der Waals surface area contributed by atoms with Crippen LogP contribution in [-0.2, 0) is 6.42 Å². The second kappa shape index (κ2) is 3.33. The van der Waals surface area contributed by atoms with Crippen molar-refractivity contribution in [2.24, 2.45) is 5.73 Å². The van der Waals surface area contributed by atoms with Gasteiger partial charge in [-0.2, -0.15) is 5.10 Å². The van der Waals surface area contributed by atoms with Gasteiger partial charge in [-0.05, 0) is 19.8 Å². The summed E-state index contributed by atoms with van der Waals surface area (Å²) in [6.07, 6.45) is 2.80. The molecule has 0 aliphatic heterocycles. The van der Waals surface area contributed by atoms with E-state index in [0.717, 1.165) is 11.6 Å². The zero-order valence-corrected chi connectivity index (χ0v) is 8.32. The maximum absolute atomic E-state index is 9.73. The topological polar surface area (TPSA) is 87.8 Å². The first kappa shape index (κ1) is 9.61. The number of nitrogens with two attached hydrogens (primary N) is 1. The zero-order valence-electron chi connectivity index (χ0n) is 8.32. The number of nitrogens with zero attached hydrogens (tertiary/aromatic N) is 2. The minimum atomic E-state index is -0.889. The van der Waals surface area contributed by atoms with Crippen LogP contribution in [0.1, 0.15) is 37.3 Å². The second-order valence-corrected chi connectivity index (χ2v) is 4.29. The fourth-order valence-corrected chi connectivity index (χ4v) is 1.35. The molecular weight excluding hydrogens is 180 g/mol. The Morgan fingerprint density at radius 3 is 2.93 bits per heavy atom. The quantitative estimate of drug-likeness (QED) is 0.629. The molecule has 1 aromatic rings. The summed E-state index contributed by atoms with van der Waals surface area (Å²) in [5.74, 6) is 2.15. The summed E-state index contributed by atoms with van der Waals surface area (Å²) < 4.78 is 0. The Labute approximate surface area is 82.7 Å². The van der Waals surface area contributed by atoms with Crippen LogP contribution in [0.4, 0.5) is 0 Å². The predicted molar refractivity (Wildman–Crippen MR) is 51.7 cm³/mol. The molecule has 0 amide bonds. The summed E-state index contributed by atoms with van der Waals surface area (Å²) in [5, 5.41) is 16.7. The van der Waals surface area contributed by atoms with E-state index >= 15 is 0 Å². The molecule has 0 aromatic carbocycles. The number of H-pyrrole nitrogens is 1. The van der Waals surface area contributed by atoms with Gasteiger partial charge in [0, 0.05) is 18.9 Å². The number of nitrogens with one attached hydrogen (secondary N) is 1. The molecule has 0 saturated heterocycles. The van der Waals surface area contributed by atoms with E-state index in [9.17, 15) is 5.11 Å². The Morgan fingerprint density at radius 1 is 1.64 bits per heavy atom. The molecule has 1 aromatic heterocycles. The van der Waals surface area contributed by atoms with E-state index in [0.29, 0.717) is 12.3 Å². The number of rotatable bonds is 4. The van der Waals surface area contributed by atoms with Gasteiger partial charge >= 0.3 is 0 Å². The van der Waals surface area contributed by atoms with Gasteiger partial charge in [0.25, 0.3) is 0 Å². The normalized spacial score (nSPS) is 20.8. The lowest BCUT2D eigenvalue weighted by atomic mass is 10.0. The van der Waals surface area contributed by atoms with Gasteiger partial charge in [0.2, 0.25) is 0 Å². The van der Waals surface area contributed by atoms with E-state index in [1.807, 2.05) is 0 Å². The maximum atomic E-state index is 9.73. The molecule has 1 heterocycles. The summed E-state index contributed by atoms with van der Waals surface area (Å²) in [5.41, 5.74) is 4.53. The minimum Gasteiger partial charge on any atom is -0.388 e. The van der Waals surface area contributed by atoms with Crippen molar-refractivity contribution in [3.05, 3.63) is 11.6 Å². The van der Waals surface area contributed by atoms with Crippen molar-refractivity contribution < 1.29 is 5.11 Å². The molecule has 14 heavy (non-hydrogen) atoms. The first-order valence-electron chi connectivity index (χ1n) is 4.94. The third-order valence-electron chi connectivity index (χ3n) is 2.48. The van der Waals surface area contributed by atoms with Crippen LogP contribution in [0, 0.1) is 0 Å². The van der Waals surface area contributed by atoms with Crippen LogP contribution in [0.5, 0.6) is 0 Å². The maximum Gasteiger partial charge on any atom is 0.153 e. The van der Waals surface area contributed by atoms with E-state index < -0.39 is 5.60 Å². The van der Waals surface area contributed by atoms with Gasteiger partial charge in [-0.25, -0.2) is 4.98 Å². The number of hydrogen-bond donors (Lipinski definition) is 3. The largest absolute Gasteiger partial charge is 0.388 e. The number of aromatic amines is 1. The molecule has 1 aliphatic rings. The van der Waals surface area contributed by atoms with Crippen molar-refractivity contribution >= 4 is 0 Å².